The molecule has 2 aromatic carbocycles. The summed E-state index contributed by atoms with van der Waals surface area (Å²) in [6.45, 7) is 1.69. The van der Waals surface area contributed by atoms with Crippen LogP contribution in [-0.4, -0.2) is 40.6 Å². The minimum absolute atomic E-state index is 0.0934. The van der Waals surface area contributed by atoms with E-state index in [4.69, 9.17) is 21.4 Å². The highest BCUT2D eigenvalue weighted by Gasteiger charge is 2.26. The number of hydrogen-bond donors (Lipinski definition) is 2. The second-order valence-corrected chi connectivity index (χ2v) is 7.26. The number of ether oxygens (including phenoxy) is 1. The van der Waals surface area contributed by atoms with Crippen molar-refractivity contribution in [3.05, 3.63) is 58.9 Å². The van der Waals surface area contributed by atoms with Crippen LogP contribution in [0.15, 0.2) is 42.5 Å². The summed E-state index contributed by atoms with van der Waals surface area (Å²) in [6, 6.07) is 11.0. The lowest BCUT2D eigenvalue weighted by Crippen LogP contribution is -2.28. The van der Waals surface area contributed by atoms with E-state index >= 15 is 0 Å². The van der Waals surface area contributed by atoms with Crippen molar-refractivity contribution in [2.75, 3.05) is 6.61 Å². The molecule has 0 aliphatic heterocycles. The zero-order valence-electron chi connectivity index (χ0n) is 16.3. The number of ketones is 1. The molecule has 0 radical (unpaired) electrons. The van der Waals surface area contributed by atoms with Crippen LogP contribution in [0.5, 0.6) is 0 Å². The predicted molar refractivity (Wildman–Crippen MR) is 109 cm³/mol. The highest BCUT2D eigenvalue weighted by Crippen LogP contribution is 2.27. The third kappa shape index (κ3) is 6.64. The third-order valence-electron chi connectivity index (χ3n) is 4.55. The van der Waals surface area contributed by atoms with Gasteiger partial charge in [-0.1, -0.05) is 35.9 Å². The van der Waals surface area contributed by atoms with Crippen molar-refractivity contribution < 1.29 is 33.7 Å². The van der Waals surface area contributed by atoms with Crippen molar-refractivity contribution in [1.29, 1.82) is 0 Å². The van der Waals surface area contributed by atoms with Crippen molar-refractivity contribution in [2.45, 2.75) is 32.3 Å². The van der Waals surface area contributed by atoms with Crippen LogP contribution in [0.1, 0.15) is 25.3 Å². The van der Waals surface area contributed by atoms with Crippen molar-refractivity contribution in [3.63, 3.8) is 0 Å². The molecule has 0 fully saturated rings. The Morgan fingerprint density at radius 2 is 1.80 bits per heavy atom. The smallest absolute Gasteiger partial charge is 0.372 e. The zero-order chi connectivity index (χ0) is 22.3. The fourth-order valence-electron chi connectivity index (χ4n) is 3.11. The first-order valence-corrected chi connectivity index (χ1v) is 9.74. The fraction of sp³-hybridized carbons (Fsp3) is 0.318. The largest absolute Gasteiger partial charge is 0.476 e. The molecule has 2 atom stereocenters. The number of carboxylic acids is 1. The van der Waals surface area contributed by atoms with Crippen LogP contribution in [-0.2, 0) is 25.5 Å². The Kier molecular flexibility index (Phi) is 8.50. The maximum absolute atomic E-state index is 14.0. The maximum atomic E-state index is 14.0. The van der Waals surface area contributed by atoms with Gasteiger partial charge in [-0.25, -0.2) is 14.0 Å². The lowest BCUT2D eigenvalue weighted by atomic mass is 9.88. The van der Waals surface area contributed by atoms with E-state index in [1.54, 1.807) is 31.2 Å². The molecule has 0 heterocycles. The van der Waals surface area contributed by atoms with Crippen LogP contribution < -0.4 is 0 Å². The molecule has 160 valence electrons. The molecule has 6 nitrogen and oxygen atoms in total. The summed E-state index contributed by atoms with van der Waals surface area (Å²) in [5, 5.41) is 19.3. The molecule has 30 heavy (non-hydrogen) atoms. The van der Waals surface area contributed by atoms with Crippen LogP contribution in [0.2, 0.25) is 5.02 Å². The second-order valence-electron chi connectivity index (χ2n) is 6.83. The minimum atomic E-state index is -1.57. The van der Waals surface area contributed by atoms with Crippen LogP contribution in [0, 0.1) is 11.7 Å². The molecule has 0 spiro atoms. The highest BCUT2D eigenvalue weighted by molar-refractivity contribution is 6.32. The number of benzene rings is 2. The van der Waals surface area contributed by atoms with Crippen LogP contribution >= 0.6 is 11.6 Å². The predicted octanol–water partition coefficient (Wildman–Crippen LogP) is 3.66. The van der Waals surface area contributed by atoms with Gasteiger partial charge in [0.15, 0.2) is 6.10 Å². The van der Waals surface area contributed by atoms with Gasteiger partial charge >= 0.3 is 11.9 Å². The molecule has 0 saturated heterocycles. The number of aliphatic hydroxyl groups excluding tert-OH is 1. The number of aliphatic carboxylic acids is 1. The number of carbonyl (C=O) groups excluding carboxylic acids is 2. The molecule has 0 aliphatic carbocycles. The molecular formula is C22H22ClFO6. The molecule has 0 aliphatic rings. The average Bonchev–Trinajstić information content (AvgIpc) is 2.70. The van der Waals surface area contributed by atoms with E-state index < -0.39 is 35.6 Å². The molecule has 0 aromatic heterocycles. The Hall–Kier alpha value is -2.77. The highest BCUT2D eigenvalue weighted by atomic mass is 35.5. The molecule has 2 N–H and O–H groups in total. The van der Waals surface area contributed by atoms with E-state index in [2.05, 4.69) is 0 Å². The summed E-state index contributed by atoms with van der Waals surface area (Å²) in [6.07, 6.45) is -1.68. The molecule has 0 amide bonds. The van der Waals surface area contributed by atoms with E-state index in [1.165, 1.54) is 18.2 Å². The lowest BCUT2D eigenvalue weighted by Gasteiger charge is -2.19. The van der Waals surface area contributed by atoms with Gasteiger partial charge in [0.2, 0.25) is 5.78 Å². The van der Waals surface area contributed by atoms with Gasteiger partial charge in [0.1, 0.15) is 5.82 Å². The van der Waals surface area contributed by atoms with Gasteiger partial charge in [0.25, 0.3) is 0 Å². The summed E-state index contributed by atoms with van der Waals surface area (Å²) >= 11 is 5.93. The average molecular weight is 437 g/mol. The van der Waals surface area contributed by atoms with E-state index in [9.17, 15) is 23.9 Å². The summed E-state index contributed by atoms with van der Waals surface area (Å²) in [5.41, 5.74) is 1.67. The molecule has 8 heteroatoms. The van der Waals surface area contributed by atoms with Gasteiger partial charge in [0.05, 0.1) is 6.61 Å². The van der Waals surface area contributed by atoms with E-state index in [0.717, 1.165) is 5.56 Å². The molecular weight excluding hydrogens is 415 g/mol. The molecule has 2 aromatic rings. The SMILES string of the molecule is CCOC(=O)[C@H](O)C[C@H](CC(=O)C(=O)O)Cc1ccc(-c2cc(Cl)ccc2F)cc1. The Morgan fingerprint density at radius 1 is 1.13 bits per heavy atom. The number of aliphatic hydroxyl groups is 1. The summed E-state index contributed by atoms with van der Waals surface area (Å²) in [5.74, 6) is -4.42. The van der Waals surface area contributed by atoms with Gasteiger partial charge in [-0.3, -0.25) is 4.79 Å². The van der Waals surface area contributed by atoms with Gasteiger partial charge in [0, 0.05) is 17.0 Å². The van der Waals surface area contributed by atoms with Crippen LogP contribution in [0.3, 0.4) is 0 Å². The van der Waals surface area contributed by atoms with Crippen molar-refractivity contribution in [2.24, 2.45) is 5.92 Å². The molecule has 2 rings (SSSR count). The maximum Gasteiger partial charge on any atom is 0.372 e. The Labute approximate surface area is 178 Å². The topological polar surface area (TPSA) is 101 Å². The summed E-state index contributed by atoms with van der Waals surface area (Å²) < 4.78 is 18.8. The Morgan fingerprint density at radius 3 is 2.40 bits per heavy atom. The first-order chi connectivity index (χ1) is 14.2. The second kappa shape index (κ2) is 10.8. The quantitative estimate of drug-likeness (QED) is 0.435. The van der Waals surface area contributed by atoms with Crippen molar-refractivity contribution in [1.82, 2.24) is 0 Å². The lowest BCUT2D eigenvalue weighted by molar-refractivity contribution is -0.154. The molecule has 0 bridgehead atoms. The molecule has 0 saturated carbocycles. The Balaban J connectivity index is 2.17. The monoisotopic (exact) mass is 436 g/mol. The normalized spacial score (nSPS) is 12.8. The van der Waals surface area contributed by atoms with Crippen LogP contribution in [0.25, 0.3) is 11.1 Å². The van der Waals surface area contributed by atoms with Gasteiger partial charge in [-0.05, 0) is 55.0 Å². The number of halogens is 2. The van der Waals surface area contributed by atoms with Gasteiger partial charge in [-0.2, -0.15) is 0 Å². The third-order valence-corrected chi connectivity index (χ3v) is 4.78. The van der Waals surface area contributed by atoms with Crippen molar-refractivity contribution in [3.8, 4) is 11.1 Å². The Bertz CT molecular complexity index is 912. The van der Waals surface area contributed by atoms with Gasteiger partial charge in [-0.15, -0.1) is 0 Å². The number of carbonyl (C=O) groups is 3. The van der Waals surface area contributed by atoms with E-state index in [0.29, 0.717) is 16.1 Å². The van der Waals surface area contributed by atoms with Gasteiger partial charge < -0.3 is 14.9 Å². The standard InChI is InChI=1S/C22H22ClFO6/c1-2-30-22(29)20(26)11-14(10-19(25)21(27)28)9-13-3-5-15(6-4-13)17-12-16(23)7-8-18(17)24/h3-8,12,14,20,26H,2,9-11H2,1H3,(H,27,28)/t14-,20+/m0/s1. The minimum Gasteiger partial charge on any atom is -0.476 e. The summed E-state index contributed by atoms with van der Waals surface area (Å²) in [4.78, 5) is 34.3. The van der Waals surface area contributed by atoms with E-state index in [1.807, 2.05) is 0 Å². The number of Topliss-reactive ketones (excluding diaryl/α,β-unsaturated/α-hetero) is 1. The first kappa shape index (κ1) is 23.5. The number of hydrogen-bond acceptors (Lipinski definition) is 5. The van der Waals surface area contributed by atoms with E-state index in [-0.39, 0.29) is 25.9 Å². The van der Waals surface area contributed by atoms with Crippen LogP contribution in [0.4, 0.5) is 4.39 Å². The fourth-order valence-corrected chi connectivity index (χ4v) is 3.28. The zero-order valence-corrected chi connectivity index (χ0v) is 17.1. The number of carboxylic acid groups (broad SMARTS) is 1. The molecule has 0 unspecified atom stereocenters. The first-order valence-electron chi connectivity index (χ1n) is 9.36. The summed E-state index contributed by atoms with van der Waals surface area (Å²) in [7, 11) is 0. The van der Waals surface area contributed by atoms with Crippen molar-refractivity contribution >= 4 is 29.3 Å². The number of rotatable bonds is 10. The number of esters is 1.